The van der Waals surface area contributed by atoms with Crippen molar-refractivity contribution in [2.45, 2.75) is 38.0 Å². The predicted molar refractivity (Wildman–Crippen MR) is 72.4 cm³/mol. The third-order valence-corrected chi connectivity index (χ3v) is 3.42. The van der Waals surface area contributed by atoms with Crippen molar-refractivity contribution < 1.29 is 4.79 Å². The smallest absolute Gasteiger partial charge is 0.249 e. The topological polar surface area (TPSA) is 69.1 Å². The molecule has 0 heterocycles. The monoisotopic (exact) mass is 254 g/mol. The van der Waals surface area contributed by atoms with Crippen LogP contribution in [0.4, 0.5) is 5.69 Å². The molecule has 0 atom stereocenters. The number of carbonyl (C=O) groups is 1. The highest BCUT2D eigenvalue weighted by Gasteiger charge is 2.22. The van der Waals surface area contributed by atoms with Gasteiger partial charge in [0.15, 0.2) is 0 Å². The zero-order valence-electron chi connectivity index (χ0n) is 9.82. The molecular weight excluding hydrogens is 236 g/mol. The standard InChI is InChI=1S/C13H18N2O.ClH/c14-11-8-4-7-10(13(15)16)12(11)9-5-2-1-3-6-9;/h4,7-9H,1-3,5-6,14H2,(H2,15,16);1H. The fourth-order valence-electron chi connectivity index (χ4n) is 2.64. The lowest BCUT2D eigenvalue weighted by Crippen LogP contribution is -2.18. The molecule has 0 aromatic heterocycles. The Balaban J connectivity index is 0.00000144. The maximum Gasteiger partial charge on any atom is 0.249 e. The molecule has 1 aliphatic rings. The number of anilines is 1. The number of carbonyl (C=O) groups excluding carboxylic acids is 1. The SMILES string of the molecule is Cl.NC(=O)c1cccc(N)c1C1CCCCC1. The van der Waals surface area contributed by atoms with E-state index in [-0.39, 0.29) is 18.3 Å². The van der Waals surface area contributed by atoms with Crippen LogP contribution in [0.1, 0.15) is 53.9 Å². The van der Waals surface area contributed by atoms with Crippen molar-refractivity contribution in [2.24, 2.45) is 5.73 Å². The number of amides is 1. The average Bonchev–Trinajstić information content (AvgIpc) is 2.29. The fraction of sp³-hybridized carbons (Fsp3) is 0.462. The lowest BCUT2D eigenvalue weighted by Gasteiger charge is -2.24. The summed E-state index contributed by atoms with van der Waals surface area (Å²) in [6.45, 7) is 0. The molecule has 0 aliphatic heterocycles. The number of halogens is 1. The number of benzene rings is 1. The molecule has 2 rings (SSSR count). The molecule has 4 heteroatoms. The quantitative estimate of drug-likeness (QED) is 0.797. The summed E-state index contributed by atoms with van der Waals surface area (Å²) in [6, 6.07) is 5.43. The second kappa shape index (κ2) is 5.92. The van der Waals surface area contributed by atoms with E-state index in [1.807, 2.05) is 6.07 Å². The Morgan fingerprint density at radius 3 is 2.41 bits per heavy atom. The molecule has 1 aromatic carbocycles. The van der Waals surface area contributed by atoms with Crippen LogP contribution < -0.4 is 11.5 Å². The van der Waals surface area contributed by atoms with Crippen LogP contribution in [0.25, 0.3) is 0 Å². The minimum absolute atomic E-state index is 0. The van der Waals surface area contributed by atoms with Crippen molar-refractivity contribution in [1.29, 1.82) is 0 Å². The summed E-state index contributed by atoms with van der Waals surface area (Å²) in [5.41, 5.74) is 13.7. The Morgan fingerprint density at radius 1 is 1.18 bits per heavy atom. The Labute approximate surface area is 108 Å². The van der Waals surface area contributed by atoms with Gasteiger partial charge >= 0.3 is 0 Å². The van der Waals surface area contributed by atoms with Crippen molar-refractivity contribution >= 4 is 24.0 Å². The van der Waals surface area contributed by atoms with Gasteiger partial charge in [-0.05, 0) is 36.5 Å². The summed E-state index contributed by atoms with van der Waals surface area (Å²) < 4.78 is 0. The van der Waals surface area contributed by atoms with Crippen LogP contribution in [0.5, 0.6) is 0 Å². The molecule has 0 bridgehead atoms. The molecular formula is C13H19ClN2O. The first-order valence-electron chi connectivity index (χ1n) is 5.88. The molecule has 94 valence electrons. The minimum atomic E-state index is -0.368. The van der Waals surface area contributed by atoms with Crippen LogP contribution in [0, 0.1) is 0 Å². The molecule has 1 amide bonds. The molecule has 3 nitrogen and oxygen atoms in total. The van der Waals surface area contributed by atoms with Crippen LogP contribution in [-0.4, -0.2) is 5.91 Å². The van der Waals surface area contributed by atoms with Crippen molar-refractivity contribution in [1.82, 2.24) is 0 Å². The zero-order chi connectivity index (χ0) is 11.5. The second-order valence-electron chi connectivity index (χ2n) is 4.51. The lowest BCUT2D eigenvalue weighted by atomic mass is 9.81. The first kappa shape index (κ1) is 13.8. The van der Waals surface area contributed by atoms with Crippen LogP contribution in [0.3, 0.4) is 0 Å². The highest BCUT2D eigenvalue weighted by molar-refractivity contribution is 5.96. The van der Waals surface area contributed by atoms with Crippen molar-refractivity contribution in [3.8, 4) is 0 Å². The van der Waals surface area contributed by atoms with Gasteiger partial charge in [-0.3, -0.25) is 4.79 Å². The van der Waals surface area contributed by atoms with Crippen molar-refractivity contribution in [3.05, 3.63) is 29.3 Å². The van der Waals surface area contributed by atoms with E-state index >= 15 is 0 Å². The molecule has 0 unspecified atom stereocenters. The Morgan fingerprint density at radius 2 is 1.82 bits per heavy atom. The zero-order valence-corrected chi connectivity index (χ0v) is 10.6. The second-order valence-corrected chi connectivity index (χ2v) is 4.51. The Bertz CT molecular complexity index is 400. The molecule has 17 heavy (non-hydrogen) atoms. The van der Waals surface area contributed by atoms with Gasteiger partial charge in [0.2, 0.25) is 5.91 Å². The minimum Gasteiger partial charge on any atom is -0.398 e. The summed E-state index contributed by atoms with van der Waals surface area (Å²) in [4.78, 5) is 11.4. The normalized spacial score (nSPS) is 16.2. The fourth-order valence-corrected chi connectivity index (χ4v) is 2.64. The van der Waals surface area contributed by atoms with E-state index in [4.69, 9.17) is 11.5 Å². The summed E-state index contributed by atoms with van der Waals surface area (Å²) >= 11 is 0. The van der Waals surface area contributed by atoms with Gasteiger partial charge in [-0.2, -0.15) is 0 Å². The molecule has 0 radical (unpaired) electrons. The highest BCUT2D eigenvalue weighted by atomic mass is 35.5. The first-order chi connectivity index (χ1) is 7.70. The van der Waals surface area contributed by atoms with Gasteiger partial charge in [0.25, 0.3) is 0 Å². The van der Waals surface area contributed by atoms with Crippen molar-refractivity contribution in [3.63, 3.8) is 0 Å². The van der Waals surface area contributed by atoms with E-state index in [1.165, 1.54) is 19.3 Å². The van der Waals surface area contributed by atoms with Gasteiger partial charge in [0.1, 0.15) is 0 Å². The van der Waals surface area contributed by atoms with Crippen LogP contribution in [-0.2, 0) is 0 Å². The van der Waals surface area contributed by atoms with E-state index < -0.39 is 0 Å². The van der Waals surface area contributed by atoms with E-state index in [1.54, 1.807) is 12.1 Å². The number of hydrogen-bond donors (Lipinski definition) is 2. The number of nitrogen functional groups attached to an aromatic ring is 1. The third-order valence-electron chi connectivity index (χ3n) is 3.42. The first-order valence-corrected chi connectivity index (χ1v) is 5.88. The van der Waals surface area contributed by atoms with E-state index in [9.17, 15) is 4.79 Å². The van der Waals surface area contributed by atoms with Gasteiger partial charge in [-0.25, -0.2) is 0 Å². The highest BCUT2D eigenvalue weighted by Crippen LogP contribution is 2.37. The largest absolute Gasteiger partial charge is 0.398 e. The predicted octanol–water partition coefficient (Wildman–Crippen LogP) is 2.84. The maximum absolute atomic E-state index is 11.4. The molecule has 1 aromatic rings. The Kier molecular flexibility index (Phi) is 4.82. The average molecular weight is 255 g/mol. The lowest BCUT2D eigenvalue weighted by molar-refractivity contribution is 0.0998. The maximum atomic E-state index is 11.4. The molecule has 1 aliphatic carbocycles. The summed E-state index contributed by atoms with van der Waals surface area (Å²) in [6.07, 6.45) is 5.96. The van der Waals surface area contributed by atoms with E-state index in [0.29, 0.717) is 17.2 Å². The van der Waals surface area contributed by atoms with Gasteiger partial charge in [-0.1, -0.05) is 25.3 Å². The van der Waals surface area contributed by atoms with Crippen LogP contribution >= 0.6 is 12.4 Å². The third kappa shape index (κ3) is 2.91. The van der Waals surface area contributed by atoms with Crippen LogP contribution in [0.15, 0.2) is 18.2 Å². The van der Waals surface area contributed by atoms with Gasteiger partial charge in [0.05, 0.1) is 0 Å². The number of hydrogen-bond acceptors (Lipinski definition) is 2. The summed E-state index contributed by atoms with van der Waals surface area (Å²) in [5, 5.41) is 0. The number of rotatable bonds is 2. The molecule has 1 fully saturated rings. The Hall–Kier alpha value is -1.22. The van der Waals surface area contributed by atoms with Gasteiger partial charge in [0, 0.05) is 11.3 Å². The van der Waals surface area contributed by atoms with Crippen molar-refractivity contribution in [2.75, 3.05) is 5.73 Å². The van der Waals surface area contributed by atoms with E-state index in [0.717, 1.165) is 18.4 Å². The molecule has 0 saturated heterocycles. The van der Waals surface area contributed by atoms with Gasteiger partial charge < -0.3 is 11.5 Å². The van der Waals surface area contributed by atoms with Gasteiger partial charge in [-0.15, -0.1) is 12.4 Å². The molecule has 0 spiro atoms. The van der Waals surface area contributed by atoms with E-state index in [2.05, 4.69) is 0 Å². The number of nitrogens with two attached hydrogens (primary N) is 2. The summed E-state index contributed by atoms with van der Waals surface area (Å²) in [5.74, 6) is 0.0466. The van der Waals surface area contributed by atoms with Crippen LogP contribution in [0.2, 0.25) is 0 Å². The summed E-state index contributed by atoms with van der Waals surface area (Å²) in [7, 11) is 0. The molecule has 1 saturated carbocycles. The molecule has 4 N–H and O–H groups in total. The number of primary amides is 1.